The van der Waals surface area contributed by atoms with E-state index in [-0.39, 0.29) is 0 Å². The molecule has 5 heterocycles. The third-order valence-corrected chi connectivity index (χ3v) is 6.23. The van der Waals surface area contributed by atoms with Gasteiger partial charge in [-0.2, -0.15) is 0 Å². The molecule has 0 radical (unpaired) electrons. The van der Waals surface area contributed by atoms with Crippen LogP contribution in [-0.4, -0.2) is 14.4 Å². The van der Waals surface area contributed by atoms with Crippen LogP contribution in [0.25, 0.3) is 5.65 Å². The van der Waals surface area contributed by atoms with E-state index in [2.05, 4.69) is 9.97 Å². The Labute approximate surface area is 187 Å². The lowest BCUT2D eigenvalue weighted by atomic mass is 9.83. The fourth-order valence-electron chi connectivity index (χ4n) is 4.72. The second-order valence-electron chi connectivity index (χ2n) is 8.12. The lowest BCUT2D eigenvalue weighted by Gasteiger charge is -2.37. The molecule has 5 aromatic rings. The normalized spacial score (nSPS) is 16.7. The maximum atomic E-state index is 5.24. The second kappa shape index (κ2) is 6.49. The number of hydrogen-bond donors (Lipinski definition) is 0. The first-order chi connectivity index (χ1) is 16.3. The van der Waals surface area contributed by atoms with Crippen molar-refractivity contribution in [1.82, 2.24) is 14.4 Å². The Morgan fingerprint density at radius 2 is 1.18 bits per heavy atom. The Bertz CT molecular complexity index is 1720. The fourth-order valence-corrected chi connectivity index (χ4v) is 4.72. The van der Waals surface area contributed by atoms with Gasteiger partial charge in [-0.3, -0.25) is 4.98 Å². The summed E-state index contributed by atoms with van der Waals surface area (Å²) in [6, 6.07) is 23.7. The van der Waals surface area contributed by atoms with E-state index in [9.17, 15) is 0 Å². The second-order valence-corrected chi connectivity index (χ2v) is 8.12. The van der Waals surface area contributed by atoms with Gasteiger partial charge in [0.25, 0.3) is 0 Å². The van der Waals surface area contributed by atoms with Gasteiger partial charge in [0.15, 0.2) is 0 Å². The van der Waals surface area contributed by atoms with Gasteiger partial charge in [-0.25, -0.2) is 25.0 Å². The van der Waals surface area contributed by atoms with Crippen LogP contribution in [0.15, 0.2) is 124 Å². The van der Waals surface area contributed by atoms with Gasteiger partial charge in [0.1, 0.15) is 5.65 Å². The highest BCUT2D eigenvalue weighted by Crippen LogP contribution is 2.49. The molecule has 33 heavy (non-hydrogen) atoms. The Balaban J connectivity index is 1.64. The Kier molecular flexibility index (Phi) is 3.56. The average Bonchev–Trinajstić information content (AvgIpc) is 3.59. The van der Waals surface area contributed by atoms with Crippen LogP contribution >= 0.6 is 0 Å². The van der Waals surface area contributed by atoms with E-state index in [0.29, 0.717) is 0 Å². The number of hydrogen-bond acceptors (Lipinski definition) is 6. The van der Waals surface area contributed by atoms with Crippen molar-refractivity contribution in [1.29, 1.82) is 0 Å². The first-order valence-electron chi connectivity index (χ1n) is 10.7. The molecule has 0 saturated carbocycles. The maximum absolute atomic E-state index is 5.24. The molecule has 0 atom stereocenters. The van der Waals surface area contributed by atoms with Gasteiger partial charge in [0.05, 0.1) is 21.4 Å². The van der Waals surface area contributed by atoms with Crippen LogP contribution in [0.2, 0.25) is 0 Å². The molecule has 7 nitrogen and oxygen atoms in total. The van der Waals surface area contributed by atoms with Crippen LogP contribution in [0.3, 0.4) is 0 Å². The van der Waals surface area contributed by atoms with Gasteiger partial charge in [0.2, 0.25) is 11.3 Å². The predicted molar refractivity (Wildman–Crippen MR) is 120 cm³/mol. The molecule has 7 heteroatoms. The van der Waals surface area contributed by atoms with E-state index in [1.54, 1.807) is 12.4 Å². The summed E-state index contributed by atoms with van der Waals surface area (Å²) in [5.41, 5.74) is 0.235. The Morgan fingerprint density at radius 1 is 0.576 bits per heavy atom. The average molecular weight is 427 g/mol. The lowest BCUT2D eigenvalue weighted by molar-refractivity contribution is 0.241. The SMILES string of the molecule is c1cncc(C2(C3(c4ccc5nccn5c4)N=c4ccccc4=N3)N=c3ccccc3=N2)c1. The third-order valence-electron chi connectivity index (χ3n) is 6.23. The molecule has 2 aromatic carbocycles. The highest BCUT2D eigenvalue weighted by molar-refractivity contribution is 5.45. The molecule has 0 N–H and O–H groups in total. The first-order valence-corrected chi connectivity index (χ1v) is 10.7. The molecular formula is C26H17N7. The van der Waals surface area contributed by atoms with E-state index < -0.39 is 11.3 Å². The van der Waals surface area contributed by atoms with Crippen molar-refractivity contribution >= 4 is 5.65 Å². The molecule has 0 spiro atoms. The minimum Gasteiger partial charge on any atom is -0.307 e. The van der Waals surface area contributed by atoms with Crippen LogP contribution in [0.5, 0.6) is 0 Å². The number of aromatic nitrogens is 3. The van der Waals surface area contributed by atoms with Gasteiger partial charge in [-0.05, 0) is 42.5 Å². The summed E-state index contributed by atoms with van der Waals surface area (Å²) in [6.45, 7) is 0. The lowest BCUT2D eigenvalue weighted by Crippen LogP contribution is -2.44. The van der Waals surface area contributed by atoms with E-state index in [0.717, 1.165) is 38.2 Å². The summed E-state index contributed by atoms with van der Waals surface area (Å²) in [6.07, 6.45) is 9.28. The zero-order chi connectivity index (χ0) is 21.9. The van der Waals surface area contributed by atoms with Gasteiger partial charge >= 0.3 is 0 Å². The summed E-state index contributed by atoms with van der Waals surface area (Å²) in [5, 5.41) is 3.25. The molecule has 2 aliphatic rings. The van der Waals surface area contributed by atoms with E-state index in [4.69, 9.17) is 20.0 Å². The Morgan fingerprint density at radius 3 is 1.76 bits per heavy atom. The summed E-state index contributed by atoms with van der Waals surface area (Å²) >= 11 is 0. The van der Waals surface area contributed by atoms with Crippen molar-refractivity contribution in [2.75, 3.05) is 0 Å². The minimum absolute atomic E-state index is 0.811. The van der Waals surface area contributed by atoms with Crippen LogP contribution in [0, 0.1) is 0 Å². The highest BCUT2D eigenvalue weighted by atomic mass is 15.3. The molecule has 2 aliphatic heterocycles. The van der Waals surface area contributed by atoms with Crippen LogP contribution < -0.4 is 21.4 Å². The quantitative estimate of drug-likeness (QED) is 0.439. The monoisotopic (exact) mass is 427 g/mol. The zero-order valence-corrected chi connectivity index (χ0v) is 17.4. The molecule has 0 amide bonds. The molecule has 156 valence electrons. The number of pyridine rings is 2. The Hall–Kier alpha value is -4.52. The summed E-state index contributed by atoms with van der Waals surface area (Å²) in [7, 11) is 0. The van der Waals surface area contributed by atoms with Crippen molar-refractivity contribution in [3.8, 4) is 0 Å². The topological polar surface area (TPSA) is 79.6 Å². The molecular weight excluding hydrogens is 410 g/mol. The molecule has 3 aromatic heterocycles. The molecule has 0 unspecified atom stereocenters. The van der Waals surface area contributed by atoms with E-state index in [1.807, 2.05) is 95.8 Å². The number of para-hydroxylation sites is 4. The third kappa shape index (κ3) is 2.44. The van der Waals surface area contributed by atoms with E-state index >= 15 is 0 Å². The smallest absolute Gasteiger partial charge is 0.227 e. The van der Waals surface area contributed by atoms with Gasteiger partial charge < -0.3 is 4.40 Å². The maximum Gasteiger partial charge on any atom is 0.227 e. The van der Waals surface area contributed by atoms with Gasteiger partial charge in [-0.1, -0.05) is 30.3 Å². The van der Waals surface area contributed by atoms with Gasteiger partial charge in [0, 0.05) is 42.1 Å². The highest BCUT2D eigenvalue weighted by Gasteiger charge is 2.57. The molecule has 0 bridgehead atoms. The number of benzene rings is 2. The molecule has 7 rings (SSSR count). The number of rotatable bonds is 3. The standard InChI is InChI=1S/C26H17N7/c1-2-8-21-20(7-1)29-25(30-21,18-6-5-13-27-16-18)26(31-22-9-3-4-10-23(22)32-26)19-11-12-24-28-14-15-33(24)17-19/h1-17H. The number of imidazole rings is 1. The van der Waals surface area contributed by atoms with Crippen molar-refractivity contribution < 1.29 is 0 Å². The van der Waals surface area contributed by atoms with Crippen molar-refractivity contribution in [3.05, 3.63) is 136 Å². The predicted octanol–water partition coefficient (Wildman–Crippen LogP) is 1.64. The van der Waals surface area contributed by atoms with Crippen molar-refractivity contribution in [2.45, 2.75) is 11.3 Å². The summed E-state index contributed by atoms with van der Waals surface area (Å²) in [5.74, 6) is 0. The van der Waals surface area contributed by atoms with Crippen LogP contribution in [0.4, 0.5) is 0 Å². The zero-order valence-electron chi connectivity index (χ0n) is 17.4. The number of fused-ring (bicyclic) bond motifs is 3. The van der Waals surface area contributed by atoms with E-state index in [1.165, 1.54) is 0 Å². The number of nitrogens with zero attached hydrogens (tertiary/aromatic N) is 7. The van der Waals surface area contributed by atoms with Crippen molar-refractivity contribution in [3.63, 3.8) is 0 Å². The largest absolute Gasteiger partial charge is 0.307 e. The first kappa shape index (κ1) is 18.1. The fraction of sp³-hybridized carbons (Fsp3) is 0.0769. The summed E-state index contributed by atoms with van der Waals surface area (Å²) < 4.78 is 1.98. The minimum atomic E-state index is -1.16. The molecule has 0 saturated heterocycles. The molecule has 0 aliphatic carbocycles. The van der Waals surface area contributed by atoms with Crippen LogP contribution in [0.1, 0.15) is 11.1 Å². The van der Waals surface area contributed by atoms with Crippen LogP contribution in [-0.2, 0) is 11.3 Å². The van der Waals surface area contributed by atoms with Gasteiger partial charge in [-0.15, -0.1) is 0 Å². The summed E-state index contributed by atoms with van der Waals surface area (Å²) in [4.78, 5) is 29.7. The van der Waals surface area contributed by atoms with Crippen molar-refractivity contribution in [2.24, 2.45) is 20.0 Å². The molecule has 0 fully saturated rings.